The van der Waals surface area contributed by atoms with E-state index in [-0.39, 0.29) is 0 Å². The third-order valence-electron chi connectivity index (χ3n) is 1.41. The fraction of sp³-hybridized carbons (Fsp3) is 0.250. The lowest BCUT2D eigenvalue weighted by atomic mass is 10.3. The van der Waals surface area contributed by atoms with E-state index in [1.54, 1.807) is 12.1 Å². The van der Waals surface area contributed by atoms with Gasteiger partial charge in [-0.2, -0.15) is 0 Å². The van der Waals surface area contributed by atoms with Crippen LogP contribution in [0.1, 0.15) is 10.5 Å². The number of methoxy groups -OCH3 is 1. The molecular weight excluding hydrogens is 257 g/mol. The van der Waals surface area contributed by atoms with Gasteiger partial charge in [0.1, 0.15) is 0 Å². The van der Waals surface area contributed by atoms with Gasteiger partial charge in [0.15, 0.2) is 4.83 Å². The van der Waals surface area contributed by atoms with Crippen molar-refractivity contribution in [3.05, 3.63) is 29.0 Å². The van der Waals surface area contributed by atoms with Gasteiger partial charge in [0, 0.05) is 11.2 Å². The molecular formula is C8H7BrClNO2. The number of hydrogen-bond donors (Lipinski definition) is 0. The Balaban J connectivity index is 2.88. The summed E-state index contributed by atoms with van der Waals surface area (Å²) in [4.78, 5) is 14.5. The molecule has 0 fully saturated rings. The van der Waals surface area contributed by atoms with Crippen LogP contribution in [0, 0.1) is 0 Å². The number of carbonyl (C=O) groups is 1. The fourth-order valence-corrected chi connectivity index (χ4v) is 1.39. The SMILES string of the molecule is COC(=O)C(Br)c1cc(Cl)ccn1. The molecule has 1 atom stereocenters. The van der Waals surface area contributed by atoms with Crippen molar-refractivity contribution in [1.82, 2.24) is 4.98 Å². The van der Waals surface area contributed by atoms with Crippen molar-refractivity contribution >= 4 is 33.5 Å². The second kappa shape index (κ2) is 4.58. The number of hydrogen-bond acceptors (Lipinski definition) is 3. The van der Waals surface area contributed by atoms with Gasteiger partial charge in [-0.25, -0.2) is 0 Å². The van der Waals surface area contributed by atoms with Crippen LogP contribution < -0.4 is 0 Å². The highest BCUT2D eigenvalue weighted by atomic mass is 79.9. The van der Waals surface area contributed by atoms with Crippen LogP contribution in [0.3, 0.4) is 0 Å². The van der Waals surface area contributed by atoms with Gasteiger partial charge in [0.25, 0.3) is 0 Å². The fourth-order valence-electron chi connectivity index (χ4n) is 0.784. The summed E-state index contributed by atoms with van der Waals surface area (Å²) in [5.41, 5.74) is 0.541. The van der Waals surface area contributed by atoms with Crippen LogP contribution in [-0.4, -0.2) is 18.1 Å². The molecule has 0 saturated carbocycles. The van der Waals surface area contributed by atoms with Crippen LogP contribution in [0.15, 0.2) is 18.3 Å². The van der Waals surface area contributed by atoms with E-state index in [9.17, 15) is 4.79 Å². The van der Waals surface area contributed by atoms with Gasteiger partial charge in [0.2, 0.25) is 0 Å². The number of carbonyl (C=O) groups excluding carboxylic acids is 1. The molecule has 0 N–H and O–H groups in total. The van der Waals surface area contributed by atoms with Gasteiger partial charge in [0.05, 0.1) is 12.8 Å². The third-order valence-corrected chi connectivity index (χ3v) is 2.49. The minimum Gasteiger partial charge on any atom is -0.468 e. The number of pyridine rings is 1. The van der Waals surface area contributed by atoms with Crippen LogP contribution >= 0.6 is 27.5 Å². The summed E-state index contributed by atoms with van der Waals surface area (Å²) >= 11 is 8.87. The first kappa shape index (κ1) is 10.5. The van der Waals surface area contributed by atoms with E-state index in [2.05, 4.69) is 25.7 Å². The third kappa shape index (κ3) is 2.67. The number of rotatable bonds is 2. The largest absolute Gasteiger partial charge is 0.468 e. The minimum absolute atomic E-state index is 0.394. The summed E-state index contributed by atoms with van der Waals surface area (Å²) in [5.74, 6) is -0.394. The first-order valence-electron chi connectivity index (χ1n) is 3.48. The number of ether oxygens (including phenoxy) is 1. The Bertz CT molecular complexity index is 319. The molecule has 13 heavy (non-hydrogen) atoms. The monoisotopic (exact) mass is 263 g/mol. The quantitative estimate of drug-likeness (QED) is 0.608. The highest BCUT2D eigenvalue weighted by molar-refractivity contribution is 9.09. The highest BCUT2D eigenvalue weighted by Crippen LogP contribution is 2.23. The molecule has 1 aromatic heterocycles. The second-order valence-corrected chi connectivity index (χ2v) is 3.64. The van der Waals surface area contributed by atoms with Gasteiger partial charge < -0.3 is 4.74 Å². The van der Waals surface area contributed by atoms with Gasteiger partial charge in [-0.1, -0.05) is 27.5 Å². The van der Waals surface area contributed by atoms with Crippen molar-refractivity contribution in [3.63, 3.8) is 0 Å². The topological polar surface area (TPSA) is 39.2 Å². The second-order valence-electron chi connectivity index (χ2n) is 2.28. The van der Waals surface area contributed by atoms with E-state index in [0.29, 0.717) is 10.7 Å². The molecule has 0 aliphatic carbocycles. The number of halogens is 2. The van der Waals surface area contributed by atoms with Crippen LogP contribution in [0.2, 0.25) is 5.02 Å². The van der Waals surface area contributed by atoms with E-state index in [0.717, 1.165) is 0 Å². The molecule has 0 amide bonds. The molecule has 1 aromatic rings. The molecule has 0 aliphatic heterocycles. The van der Waals surface area contributed by atoms with Gasteiger partial charge in [-0.15, -0.1) is 0 Å². The van der Waals surface area contributed by atoms with E-state index in [1.165, 1.54) is 13.3 Å². The summed E-state index contributed by atoms with van der Waals surface area (Å²) in [7, 11) is 1.32. The zero-order valence-electron chi connectivity index (χ0n) is 6.83. The molecule has 1 rings (SSSR count). The first-order valence-corrected chi connectivity index (χ1v) is 4.78. The Labute approximate surface area is 89.2 Å². The van der Waals surface area contributed by atoms with Crippen molar-refractivity contribution < 1.29 is 9.53 Å². The average Bonchev–Trinajstić information content (AvgIpc) is 2.15. The molecule has 3 nitrogen and oxygen atoms in total. The Morgan fingerprint density at radius 2 is 2.46 bits per heavy atom. The summed E-state index contributed by atoms with van der Waals surface area (Å²) < 4.78 is 4.54. The molecule has 1 heterocycles. The van der Waals surface area contributed by atoms with Crippen molar-refractivity contribution in [3.8, 4) is 0 Å². The molecule has 0 bridgehead atoms. The van der Waals surface area contributed by atoms with E-state index < -0.39 is 10.8 Å². The zero-order valence-corrected chi connectivity index (χ0v) is 9.17. The van der Waals surface area contributed by atoms with Crippen molar-refractivity contribution in [2.75, 3.05) is 7.11 Å². The molecule has 5 heteroatoms. The summed E-state index contributed by atoms with van der Waals surface area (Å²) in [5, 5.41) is 0.540. The molecule has 0 aliphatic rings. The van der Waals surface area contributed by atoms with Crippen molar-refractivity contribution in [1.29, 1.82) is 0 Å². The lowest BCUT2D eigenvalue weighted by molar-refractivity contribution is -0.139. The standard InChI is InChI=1S/C8H7BrClNO2/c1-13-8(12)7(9)6-4-5(10)2-3-11-6/h2-4,7H,1H3. The Morgan fingerprint density at radius 3 is 3.00 bits per heavy atom. The molecule has 0 radical (unpaired) electrons. The minimum atomic E-state index is -0.559. The zero-order chi connectivity index (χ0) is 9.84. The summed E-state index contributed by atoms with van der Waals surface area (Å²) in [6, 6.07) is 3.25. The van der Waals surface area contributed by atoms with E-state index >= 15 is 0 Å². The highest BCUT2D eigenvalue weighted by Gasteiger charge is 2.18. The van der Waals surface area contributed by atoms with Crippen LogP contribution in [0.4, 0.5) is 0 Å². The van der Waals surface area contributed by atoms with Crippen LogP contribution in [0.25, 0.3) is 0 Å². The normalized spacial score (nSPS) is 12.2. The molecule has 0 spiro atoms. The molecule has 0 saturated heterocycles. The number of alkyl halides is 1. The average molecular weight is 265 g/mol. The van der Waals surface area contributed by atoms with Crippen molar-refractivity contribution in [2.45, 2.75) is 4.83 Å². The van der Waals surface area contributed by atoms with E-state index in [1.807, 2.05) is 0 Å². The lowest BCUT2D eigenvalue weighted by Gasteiger charge is -2.06. The Kier molecular flexibility index (Phi) is 3.69. The van der Waals surface area contributed by atoms with Crippen LogP contribution in [0.5, 0.6) is 0 Å². The summed E-state index contributed by atoms with van der Waals surface area (Å²) in [6.07, 6.45) is 1.54. The number of aromatic nitrogens is 1. The first-order chi connectivity index (χ1) is 6.15. The predicted molar refractivity (Wildman–Crippen MR) is 52.9 cm³/mol. The summed E-state index contributed by atoms with van der Waals surface area (Å²) in [6.45, 7) is 0. The molecule has 70 valence electrons. The Hall–Kier alpha value is -0.610. The van der Waals surface area contributed by atoms with E-state index in [4.69, 9.17) is 11.6 Å². The van der Waals surface area contributed by atoms with Gasteiger partial charge >= 0.3 is 5.97 Å². The lowest BCUT2D eigenvalue weighted by Crippen LogP contribution is -2.09. The van der Waals surface area contributed by atoms with Gasteiger partial charge in [-0.3, -0.25) is 9.78 Å². The van der Waals surface area contributed by atoms with Crippen LogP contribution in [-0.2, 0) is 9.53 Å². The van der Waals surface area contributed by atoms with Gasteiger partial charge in [-0.05, 0) is 12.1 Å². The molecule has 1 unspecified atom stereocenters. The smallest absolute Gasteiger partial charge is 0.325 e. The number of esters is 1. The van der Waals surface area contributed by atoms with Crippen molar-refractivity contribution in [2.24, 2.45) is 0 Å². The Morgan fingerprint density at radius 1 is 1.77 bits per heavy atom. The maximum Gasteiger partial charge on any atom is 0.325 e. The maximum atomic E-state index is 11.1. The number of nitrogens with zero attached hydrogens (tertiary/aromatic N) is 1. The maximum absolute atomic E-state index is 11.1. The molecule has 0 aromatic carbocycles. The predicted octanol–water partition coefficient (Wildman–Crippen LogP) is 2.34.